The molecule has 0 amide bonds. The van der Waals surface area contributed by atoms with E-state index in [1.165, 1.54) is 43.4 Å². The number of hydrogen-bond donors (Lipinski definition) is 0. The summed E-state index contributed by atoms with van der Waals surface area (Å²) in [5.74, 6) is 1.62. The molecule has 0 radical (unpaired) electrons. The van der Waals surface area contributed by atoms with Crippen LogP contribution in [-0.2, 0) is 7.05 Å². The van der Waals surface area contributed by atoms with Crippen molar-refractivity contribution < 1.29 is 4.57 Å². The summed E-state index contributed by atoms with van der Waals surface area (Å²) in [4.78, 5) is 4.93. The number of fused-ring (bicyclic) bond motifs is 2. The molecule has 0 aliphatic heterocycles. The normalized spacial score (nSPS) is 11.8. The summed E-state index contributed by atoms with van der Waals surface area (Å²) >= 11 is 1.83. The molecule has 0 atom stereocenters. The molecule has 2 aromatic heterocycles. The summed E-state index contributed by atoms with van der Waals surface area (Å²) in [5.41, 5.74) is 7.23. The van der Waals surface area contributed by atoms with Crippen LogP contribution in [0.3, 0.4) is 0 Å². The quantitative estimate of drug-likeness (QED) is 0.333. The molecular formula is C25H24N3S+. The maximum Gasteiger partial charge on any atom is 0.296 e. The monoisotopic (exact) mass is 398 g/mol. The van der Waals surface area contributed by atoms with Gasteiger partial charge in [0.2, 0.25) is 0 Å². The predicted octanol–water partition coefficient (Wildman–Crippen LogP) is 6.16. The summed E-state index contributed by atoms with van der Waals surface area (Å²) < 4.78 is 5.97. The van der Waals surface area contributed by atoms with Gasteiger partial charge in [-0.1, -0.05) is 50.2 Å². The van der Waals surface area contributed by atoms with E-state index in [9.17, 15) is 0 Å². The van der Waals surface area contributed by atoms with Crippen molar-refractivity contribution >= 4 is 32.6 Å². The van der Waals surface area contributed by atoms with E-state index in [-0.39, 0.29) is 0 Å². The highest BCUT2D eigenvalue weighted by Crippen LogP contribution is 2.38. The van der Waals surface area contributed by atoms with Crippen molar-refractivity contribution in [3.05, 3.63) is 77.3 Å². The lowest BCUT2D eigenvalue weighted by atomic mass is 10.1. The average molecular weight is 399 g/mol. The molecule has 0 fully saturated rings. The summed E-state index contributed by atoms with van der Waals surface area (Å²) in [7, 11) is 2.17. The van der Waals surface area contributed by atoms with Gasteiger partial charge in [0.1, 0.15) is 5.69 Å². The van der Waals surface area contributed by atoms with E-state index in [2.05, 4.69) is 104 Å². The topological polar surface area (TPSA) is 21.7 Å². The molecule has 0 aliphatic rings. The lowest BCUT2D eigenvalue weighted by Gasteiger charge is -2.07. The fraction of sp³-hybridized carbons (Fsp3) is 0.200. The van der Waals surface area contributed by atoms with Crippen LogP contribution < -0.4 is 4.57 Å². The van der Waals surface area contributed by atoms with E-state index in [0.29, 0.717) is 5.92 Å². The van der Waals surface area contributed by atoms with Crippen LogP contribution in [0.25, 0.3) is 38.3 Å². The van der Waals surface area contributed by atoms with Gasteiger partial charge in [-0.15, -0.1) is 11.3 Å². The van der Waals surface area contributed by atoms with Gasteiger partial charge in [0.25, 0.3) is 5.82 Å². The van der Waals surface area contributed by atoms with E-state index >= 15 is 0 Å². The number of hydrogen-bond acceptors (Lipinski definition) is 2. The molecular weight excluding hydrogens is 374 g/mol. The average Bonchev–Trinajstić information content (AvgIpc) is 3.29. The van der Waals surface area contributed by atoms with Crippen molar-refractivity contribution in [2.45, 2.75) is 26.7 Å². The van der Waals surface area contributed by atoms with Gasteiger partial charge in [0.15, 0.2) is 11.0 Å². The van der Waals surface area contributed by atoms with E-state index in [0.717, 1.165) is 5.52 Å². The highest BCUT2D eigenvalue weighted by atomic mass is 32.1. The highest BCUT2D eigenvalue weighted by Gasteiger charge is 2.29. The number of imidazole rings is 1. The largest absolute Gasteiger partial charge is 0.296 e. The molecule has 5 aromatic rings. The Hall–Kier alpha value is -2.98. The number of para-hydroxylation sites is 3. The molecule has 0 unspecified atom stereocenters. The van der Waals surface area contributed by atoms with E-state index < -0.39 is 0 Å². The van der Waals surface area contributed by atoms with E-state index in [1.807, 2.05) is 11.3 Å². The molecule has 0 bridgehead atoms. The number of benzene rings is 3. The molecule has 3 nitrogen and oxygen atoms in total. The Morgan fingerprint density at radius 3 is 2.41 bits per heavy atom. The third-order valence-electron chi connectivity index (χ3n) is 5.53. The molecule has 0 aliphatic carbocycles. The predicted molar refractivity (Wildman–Crippen MR) is 122 cm³/mol. The second-order valence-electron chi connectivity index (χ2n) is 7.85. The van der Waals surface area contributed by atoms with Crippen molar-refractivity contribution in [2.75, 3.05) is 0 Å². The van der Waals surface area contributed by atoms with Gasteiger partial charge in [-0.25, -0.2) is 9.55 Å². The minimum Gasteiger partial charge on any atom is -0.241 e. The molecule has 3 aromatic carbocycles. The zero-order valence-electron chi connectivity index (χ0n) is 17.2. The van der Waals surface area contributed by atoms with Crippen molar-refractivity contribution in [1.82, 2.24) is 9.55 Å². The van der Waals surface area contributed by atoms with Crippen molar-refractivity contribution in [3.8, 4) is 17.1 Å². The van der Waals surface area contributed by atoms with Crippen LogP contribution >= 0.6 is 11.3 Å². The number of aryl methyl sites for hydroxylation is 2. The number of thiazole rings is 1. The lowest BCUT2D eigenvalue weighted by Crippen LogP contribution is -2.30. The Labute approximate surface area is 174 Å². The van der Waals surface area contributed by atoms with Gasteiger partial charge >= 0.3 is 0 Å². The number of nitrogens with zero attached hydrogens (tertiary/aromatic N) is 3. The van der Waals surface area contributed by atoms with Crippen LogP contribution in [0, 0.1) is 6.92 Å². The molecule has 144 valence electrons. The summed E-state index contributed by atoms with van der Waals surface area (Å²) in [6, 6.07) is 23.6. The minimum atomic E-state index is 0.425. The van der Waals surface area contributed by atoms with Gasteiger partial charge < -0.3 is 0 Å². The first kappa shape index (κ1) is 18.1. The molecule has 0 saturated heterocycles. The molecule has 0 spiro atoms. The molecule has 29 heavy (non-hydrogen) atoms. The van der Waals surface area contributed by atoms with Crippen molar-refractivity contribution in [1.29, 1.82) is 0 Å². The Morgan fingerprint density at radius 1 is 0.931 bits per heavy atom. The molecule has 0 N–H and O–H groups in total. The Balaban J connectivity index is 1.94. The van der Waals surface area contributed by atoms with Crippen LogP contribution in [0.15, 0.2) is 66.7 Å². The van der Waals surface area contributed by atoms with E-state index in [4.69, 9.17) is 4.98 Å². The SMILES string of the molecule is Cc1ccc2nc(C(C)C)sc2c1-c1n(-c2ccccc2)c2ccccc2[n+]1C. The zero-order chi connectivity index (χ0) is 20.1. The van der Waals surface area contributed by atoms with Crippen LogP contribution in [0.1, 0.15) is 30.3 Å². The van der Waals surface area contributed by atoms with Crippen molar-refractivity contribution in [2.24, 2.45) is 7.05 Å². The minimum absolute atomic E-state index is 0.425. The maximum atomic E-state index is 4.93. The lowest BCUT2D eigenvalue weighted by molar-refractivity contribution is -0.633. The third kappa shape index (κ3) is 2.78. The summed E-state index contributed by atoms with van der Waals surface area (Å²) in [6.45, 7) is 6.63. The molecule has 2 heterocycles. The van der Waals surface area contributed by atoms with Crippen LogP contribution in [-0.4, -0.2) is 9.55 Å². The fourth-order valence-electron chi connectivity index (χ4n) is 4.07. The highest BCUT2D eigenvalue weighted by molar-refractivity contribution is 7.19. The summed E-state index contributed by atoms with van der Waals surface area (Å²) in [5, 5.41) is 1.19. The Bertz CT molecular complexity index is 1340. The summed E-state index contributed by atoms with van der Waals surface area (Å²) in [6.07, 6.45) is 0. The van der Waals surface area contributed by atoms with Crippen LogP contribution in [0.5, 0.6) is 0 Å². The van der Waals surface area contributed by atoms with Crippen LogP contribution in [0.4, 0.5) is 0 Å². The Morgan fingerprint density at radius 2 is 1.66 bits per heavy atom. The molecule has 0 saturated carbocycles. The van der Waals surface area contributed by atoms with Gasteiger partial charge in [0, 0.05) is 5.92 Å². The van der Waals surface area contributed by atoms with Crippen molar-refractivity contribution in [3.63, 3.8) is 0 Å². The first-order valence-corrected chi connectivity index (χ1v) is 10.8. The third-order valence-corrected chi connectivity index (χ3v) is 6.92. The number of aromatic nitrogens is 3. The smallest absolute Gasteiger partial charge is 0.241 e. The molecule has 5 rings (SSSR count). The van der Waals surface area contributed by atoms with Gasteiger partial charge in [-0.2, -0.15) is 4.57 Å². The van der Waals surface area contributed by atoms with Gasteiger partial charge in [-0.05, 0) is 42.8 Å². The fourth-order valence-corrected chi connectivity index (χ4v) is 5.23. The molecule has 4 heteroatoms. The second-order valence-corrected chi connectivity index (χ2v) is 8.89. The first-order chi connectivity index (χ1) is 14.1. The standard InChI is InChI=1S/C25H24N3S/c1-16(2)24-26-19-15-14-17(3)22(23(19)29-24)25-27(4)20-12-8-9-13-21(20)28(25)18-10-6-5-7-11-18/h5-16H,1-4H3/q+1. The maximum absolute atomic E-state index is 4.93. The van der Waals surface area contributed by atoms with Crippen LogP contribution in [0.2, 0.25) is 0 Å². The van der Waals surface area contributed by atoms with Gasteiger partial charge in [-0.3, -0.25) is 0 Å². The Kier molecular flexibility index (Phi) is 4.25. The van der Waals surface area contributed by atoms with Gasteiger partial charge in [0.05, 0.1) is 27.8 Å². The zero-order valence-corrected chi connectivity index (χ0v) is 18.0. The number of rotatable bonds is 3. The second kappa shape index (κ2) is 6.82. The van der Waals surface area contributed by atoms with E-state index in [1.54, 1.807) is 0 Å². The first-order valence-electron chi connectivity index (χ1n) is 10.0.